The number of halogens is 1. The Bertz CT molecular complexity index is 679. The van der Waals surface area contributed by atoms with Gasteiger partial charge in [-0.2, -0.15) is 0 Å². The van der Waals surface area contributed by atoms with E-state index in [2.05, 4.69) is 32.9 Å². The molecule has 21 heavy (non-hydrogen) atoms. The van der Waals surface area contributed by atoms with Crippen molar-refractivity contribution in [3.63, 3.8) is 0 Å². The van der Waals surface area contributed by atoms with Crippen LogP contribution in [0.25, 0.3) is 0 Å². The minimum Gasteiger partial charge on any atom is -0.312 e. The van der Waals surface area contributed by atoms with Crippen LogP contribution in [0.15, 0.2) is 32.3 Å². The molecule has 2 rings (SSSR count). The summed E-state index contributed by atoms with van der Waals surface area (Å²) in [5.74, 6) is 0. The van der Waals surface area contributed by atoms with Gasteiger partial charge in [0.1, 0.15) is 0 Å². The lowest BCUT2D eigenvalue weighted by Gasteiger charge is -2.03. The van der Waals surface area contributed by atoms with Crippen molar-refractivity contribution in [2.45, 2.75) is 31.3 Å². The molecule has 0 saturated heterocycles. The number of rotatable bonds is 8. The smallest absolute Gasteiger partial charge is 0.241 e. The fourth-order valence-corrected chi connectivity index (χ4v) is 5.44. The Labute approximate surface area is 141 Å². The van der Waals surface area contributed by atoms with Gasteiger partial charge in [-0.3, -0.25) is 0 Å². The maximum atomic E-state index is 12.2. The number of sulfonamides is 1. The summed E-state index contributed by atoms with van der Waals surface area (Å²) in [5, 5.41) is 4.96. The SMILES string of the molecule is CCCNCc1cc(S(=O)(=O)NCc2ccc(Br)s2)cs1. The molecule has 116 valence electrons. The van der Waals surface area contributed by atoms with Crippen LogP contribution in [0, 0.1) is 0 Å². The molecular formula is C13H17BrN2O2S3. The summed E-state index contributed by atoms with van der Waals surface area (Å²) in [6, 6.07) is 5.56. The van der Waals surface area contributed by atoms with E-state index >= 15 is 0 Å². The Kier molecular flexibility index (Phi) is 6.39. The molecule has 2 aromatic heterocycles. The van der Waals surface area contributed by atoms with Crippen LogP contribution >= 0.6 is 38.6 Å². The van der Waals surface area contributed by atoms with Crippen molar-refractivity contribution in [3.8, 4) is 0 Å². The zero-order valence-electron chi connectivity index (χ0n) is 11.6. The molecule has 0 aromatic carbocycles. The molecule has 0 spiro atoms. The summed E-state index contributed by atoms with van der Waals surface area (Å²) in [7, 11) is -3.43. The molecule has 0 aliphatic carbocycles. The van der Waals surface area contributed by atoms with E-state index in [1.54, 1.807) is 11.4 Å². The van der Waals surface area contributed by atoms with Crippen molar-refractivity contribution < 1.29 is 8.42 Å². The molecular weight excluding hydrogens is 392 g/mol. The zero-order valence-corrected chi connectivity index (χ0v) is 15.6. The Morgan fingerprint density at radius 2 is 2.05 bits per heavy atom. The first-order valence-electron chi connectivity index (χ1n) is 6.53. The van der Waals surface area contributed by atoms with Gasteiger partial charge in [-0.15, -0.1) is 22.7 Å². The third kappa shape index (κ3) is 5.15. The van der Waals surface area contributed by atoms with E-state index < -0.39 is 10.0 Å². The summed E-state index contributed by atoms with van der Waals surface area (Å²) in [5.41, 5.74) is 0. The second-order valence-electron chi connectivity index (χ2n) is 4.46. The highest BCUT2D eigenvalue weighted by Crippen LogP contribution is 2.23. The van der Waals surface area contributed by atoms with Crippen LogP contribution in [0.5, 0.6) is 0 Å². The van der Waals surface area contributed by atoms with Crippen LogP contribution in [-0.4, -0.2) is 15.0 Å². The number of hydrogen-bond donors (Lipinski definition) is 2. The van der Waals surface area contributed by atoms with Crippen LogP contribution < -0.4 is 10.0 Å². The minimum absolute atomic E-state index is 0.317. The Morgan fingerprint density at radius 1 is 1.24 bits per heavy atom. The third-order valence-electron chi connectivity index (χ3n) is 2.73. The Morgan fingerprint density at radius 3 is 2.71 bits per heavy atom. The van der Waals surface area contributed by atoms with Gasteiger partial charge < -0.3 is 5.32 Å². The lowest BCUT2D eigenvalue weighted by Crippen LogP contribution is -2.22. The van der Waals surface area contributed by atoms with Crippen LogP contribution in [0.3, 0.4) is 0 Å². The van der Waals surface area contributed by atoms with Gasteiger partial charge in [-0.05, 0) is 47.1 Å². The topological polar surface area (TPSA) is 58.2 Å². The molecule has 2 heterocycles. The normalized spacial score (nSPS) is 11.9. The second-order valence-corrected chi connectivity index (χ2v) is 9.77. The lowest BCUT2D eigenvalue weighted by atomic mass is 10.4. The first-order valence-corrected chi connectivity index (χ1v) is 10.5. The van der Waals surface area contributed by atoms with Crippen LogP contribution in [0.2, 0.25) is 0 Å². The Hall–Kier alpha value is -0.250. The van der Waals surface area contributed by atoms with E-state index in [-0.39, 0.29) is 0 Å². The van der Waals surface area contributed by atoms with E-state index in [9.17, 15) is 8.42 Å². The molecule has 0 unspecified atom stereocenters. The summed E-state index contributed by atoms with van der Waals surface area (Å²) in [6.45, 7) is 4.07. The largest absolute Gasteiger partial charge is 0.312 e. The summed E-state index contributed by atoms with van der Waals surface area (Å²) in [6.07, 6.45) is 1.06. The number of hydrogen-bond acceptors (Lipinski definition) is 5. The maximum Gasteiger partial charge on any atom is 0.241 e. The molecule has 0 amide bonds. The van der Waals surface area contributed by atoms with E-state index in [1.165, 1.54) is 22.7 Å². The zero-order chi connectivity index (χ0) is 15.3. The minimum atomic E-state index is -3.43. The van der Waals surface area contributed by atoms with Gasteiger partial charge in [0.2, 0.25) is 10.0 Å². The highest BCUT2D eigenvalue weighted by Gasteiger charge is 2.16. The molecule has 4 nitrogen and oxygen atoms in total. The summed E-state index contributed by atoms with van der Waals surface area (Å²) in [4.78, 5) is 2.35. The highest BCUT2D eigenvalue weighted by molar-refractivity contribution is 9.11. The first-order chi connectivity index (χ1) is 10.0. The molecule has 0 bridgehead atoms. The van der Waals surface area contributed by atoms with Crippen molar-refractivity contribution in [2.75, 3.05) is 6.54 Å². The lowest BCUT2D eigenvalue weighted by molar-refractivity contribution is 0.582. The fourth-order valence-electron chi connectivity index (χ4n) is 1.68. The third-order valence-corrected chi connectivity index (χ3v) is 6.82. The van der Waals surface area contributed by atoms with Crippen LogP contribution in [0.4, 0.5) is 0 Å². The molecule has 0 saturated carbocycles. The van der Waals surface area contributed by atoms with Gasteiger partial charge in [-0.25, -0.2) is 13.1 Å². The molecule has 0 aliphatic rings. The molecule has 0 aliphatic heterocycles. The summed E-state index contributed by atoms with van der Waals surface area (Å²) >= 11 is 6.36. The predicted octanol–water partition coefficient (Wildman–Crippen LogP) is 3.55. The highest BCUT2D eigenvalue weighted by atomic mass is 79.9. The maximum absolute atomic E-state index is 12.2. The average Bonchev–Trinajstić information content (AvgIpc) is 3.06. The van der Waals surface area contributed by atoms with Crippen molar-refractivity contribution in [1.29, 1.82) is 0 Å². The second kappa shape index (κ2) is 7.85. The first kappa shape index (κ1) is 17.1. The van der Waals surface area contributed by atoms with Gasteiger partial charge in [0.25, 0.3) is 0 Å². The van der Waals surface area contributed by atoms with Gasteiger partial charge in [0.15, 0.2) is 0 Å². The molecule has 8 heteroatoms. The van der Waals surface area contributed by atoms with E-state index in [1.807, 2.05) is 12.1 Å². The van der Waals surface area contributed by atoms with Gasteiger partial charge in [-0.1, -0.05) is 6.92 Å². The van der Waals surface area contributed by atoms with Gasteiger partial charge in [0.05, 0.1) is 8.68 Å². The van der Waals surface area contributed by atoms with Crippen molar-refractivity contribution in [1.82, 2.24) is 10.0 Å². The van der Waals surface area contributed by atoms with E-state index in [0.717, 1.165) is 26.5 Å². The van der Waals surface area contributed by atoms with Crippen molar-refractivity contribution in [2.24, 2.45) is 0 Å². The predicted molar refractivity (Wildman–Crippen MR) is 92.4 cm³/mol. The quantitative estimate of drug-likeness (QED) is 0.656. The number of nitrogens with one attached hydrogen (secondary N) is 2. The fraction of sp³-hybridized carbons (Fsp3) is 0.385. The number of thiophene rings is 2. The van der Waals surface area contributed by atoms with E-state index in [4.69, 9.17) is 0 Å². The van der Waals surface area contributed by atoms with Crippen molar-refractivity contribution in [3.05, 3.63) is 37.1 Å². The molecule has 0 fully saturated rings. The molecule has 2 aromatic rings. The van der Waals surface area contributed by atoms with Crippen LogP contribution in [0.1, 0.15) is 23.1 Å². The molecule has 2 N–H and O–H groups in total. The summed E-state index contributed by atoms with van der Waals surface area (Å²) < 4.78 is 28.1. The van der Waals surface area contributed by atoms with Gasteiger partial charge >= 0.3 is 0 Å². The Balaban J connectivity index is 1.95. The molecule has 0 atom stereocenters. The standard InChI is InChI=1S/C13H17BrN2O2S3/c1-2-5-15-7-11-6-12(9-19-11)21(17,18)16-8-10-3-4-13(14)20-10/h3-4,6,9,15-16H,2,5,7-8H2,1H3. The van der Waals surface area contributed by atoms with Gasteiger partial charge in [0, 0.05) is 28.2 Å². The molecule has 0 radical (unpaired) electrons. The van der Waals surface area contributed by atoms with E-state index in [0.29, 0.717) is 18.0 Å². The average molecular weight is 409 g/mol. The monoisotopic (exact) mass is 408 g/mol. The van der Waals surface area contributed by atoms with Crippen molar-refractivity contribution >= 4 is 48.6 Å². The van der Waals surface area contributed by atoms with Crippen LogP contribution in [-0.2, 0) is 23.1 Å².